The van der Waals surface area contributed by atoms with Gasteiger partial charge in [0.25, 0.3) is 0 Å². The van der Waals surface area contributed by atoms with Crippen LogP contribution in [0.25, 0.3) is 16.9 Å². The van der Waals surface area contributed by atoms with Crippen molar-refractivity contribution < 1.29 is 19.1 Å². The first-order valence-corrected chi connectivity index (χ1v) is 11.1. The summed E-state index contributed by atoms with van der Waals surface area (Å²) in [5, 5.41) is 7.40. The molecule has 0 bridgehead atoms. The van der Waals surface area contributed by atoms with Crippen LogP contribution in [0.2, 0.25) is 0 Å². The molecular weight excluding hydrogens is 406 g/mol. The van der Waals surface area contributed by atoms with E-state index >= 15 is 0 Å². The van der Waals surface area contributed by atoms with Crippen LogP contribution in [0.15, 0.2) is 60.7 Å². The number of carbonyl (C=O) groups is 2. The van der Waals surface area contributed by atoms with Gasteiger partial charge >= 0.3 is 12.1 Å². The number of rotatable bonds is 6. The van der Waals surface area contributed by atoms with Gasteiger partial charge in [-0.3, -0.25) is 0 Å². The highest BCUT2D eigenvalue weighted by Crippen LogP contribution is 2.27. The number of hydrogen-bond donors (Lipinski definition) is 1. The Hall–Kier alpha value is -3.61. The van der Waals surface area contributed by atoms with Crippen LogP contribution in [0.5, 0.6) is 5.75 Å². The summed E-state index contributed by atoms with van der Waals surface area (Å²) in [6.07, 6.45) is 5.08. The molecule has 7 nitrogen and oxygen atoms in total. The Kier molecular flexibility index (Phi) is 6.84. The molecule has 0 aliphatic heterocycles. The first kappa shape index (κ1) is 21.6. The number of ether oxygens (including phenoxy) is 2. The van der Waals surface area contributed by atoms with E-state index in [4.69, 9.17) is 9.47 Å². The van der Waals surface area contributed by atoms with Gasteiger partial charge in [-0.1, -0.05) is 37.5 Å². The van der Waals surface area contributed by atoms with Crippen molar-refractivity contribution in [2.45, 2.75) is 45.1 Å². The van der Waals surface area contributed by atoms with Gasteiger partial charge < -0.3 is 14.8 Å². The maximum absolute atomic E-state index is 12.2. The highest BCUT2D eigenvalue weighted by atomic mass is 16.6. The Labute approximate surface area is 187 Å². The number of amides is 1. The molecule has 0 atom stereocenters. The molecular formula is C25H27N3O4. The molecule has 0 saturated heterocycles. The highest BCUT2D eigenvalue weighted by Gasteiger charge is 2.19. The lowest BCUT2D eigenvalue weighted by Crippen LogP contribution is -2.37. The molecule has 3 aromatic rings. The molecule has 1 aliphatic rings. The van der Waals surface area contributed by atoms with Crippen molar-refractivity contribution in [2.75, 3.05) is 6.61 Å². The third-order valence-corrected chi connectivity index (χ3v) is 5.48. The van der Waals surface area contributed by atoms with Crippen LogP contribution in [-0.2, 0) is 4.74 Å². The second kappa shape index (κ2) is 10.1. The largest absolute Gasteiger partial charge is 0.461 e. The number of nitrogens with one attached hydrogen (secondary N) is 1. The zero-order valence-corrected chi connectivity index (χ0v) is 18.1. The van der Waals surface area contributed by atoms with Crippen LogP contribution in [0.4, 0.5) is 4.79 Å². The lowest BCUT2D eigenvalue weighted by molar-refractivity contribution is 0.0519. The van der Waals surface area contributed by atoms with Crippen molar-refractivity contribution in [3.8, 4) is 22.7 Å². The molecule has 1 aromatic heterocycles. The number of carbonyl (C=O) groups excluding carboxylic acids is 2. The fourth-order valence-corrected chi connectivity index (χ4v) is 3.90. The van der Waals surface area contributed by atoms with Crippen LogP contribution in [-0.4, -0.2) is 34.5 Å². The first-order chi connectivity index (χ1) is 15.6. The summed E-state index contributed by atoms with van der Waals surface area (Å²) in [5.41, 5.74) is 2.62. The van der Waals surface area contributed by atoms with Gasteiger partial charge in [0.1, 0.15) is 5.75 Å². The quantitative estimate of drug-likeness (QED) is 0.545. The van der Waals surface area contributed by atoms with Crippen molar-refractivity contribution in [2.24, 2.45) is 0 Å². The Bertz CT molecular complexity index is 1050. The molecule has 1 N–H and O–H groups in total. The summed E-state index contributed by atoms with van der Waals surface area (Å²) < 4.78 is 12.3. The third kappa shape index (κ3) is 5.17. The van der Waals surface area contributed by atoms with Gasteiger partial charge in [0, 0.05) is 11.6 Å². The van der Waals surface area contributed by atoms with E-state index in [1.54, 1.807) is 29.8 Å². The molecule has 1 aliphatic carbocycles. The maximum atomic E-state index is 12.2. The monoisotopic (exact) mass is 433 g/mol. The van der Waals surface area contributed by atoms with E-state index in [2.05, 4.69) is 10.4 Å². The smallest absolute Gasteiger partial charge is 0.412 e. The summed E-state index contributed by atoms with van der Waals surface area (Å²) in [6.45, 7) is 2.04. The van der Waals surface area contributed by atoms with Gasteiger partial charge in [0.05, 0.1) is 18.0 Å². The summed E-state index contributed by atoms with van der Waals surface area (Å²) in [7, 11) is 0. The molecule has 1 amide bonds. The molecule has 0 radical (unpaired) electrons. The van der Waals surface area contributed by atoms with Crippen LogP contribution < -0.4 is 10.1 Å². The molecule has 166 valence electrons. The maximum Gasteiger partial charge on any atom is 0.412 e. The Morgan fingerprint density at radius 3 is 2.44 bits per heavy atom. The van der Waals surface area contributed by atoms with E-state index in [0.29, 0.717) is 5.75 Å². The number of benzene rings is 2. The fourth-order valence-electron chi connectivity index (χ4n) is 3.90. The molecule has 1 heterocycles. The molecule has 0 spiro atoms. The van der Waals surface area contributed by atoms with Crippen molar-refractivity contribution in [3.05, 3.63) is 66.4 Å². The number of para-hydroxylation sites is 1. The Balaban J connectivity index is 1.53. The van der Waals surface area contributed by atoms with Crippen LogP contribution in [0.3, 0.4) is 0 Å². The highest BCUT2D eigenvalue weighted by molar-refractivity contribution is 5.89. The Morgan fingerprint density at radius 2 is 1.75 bits per heavy atom. The van der Waals surface area contributed by atoms with Gasteiger partial charge in [0.2, 0.25) is 0 Å². The summed E-state index contributed by atoms with van der Waals surface area (Å²) in [5.74, 6) is -0.0128. The molecule has 0 unspecified atom stereocenters. The molecule has 4 rings (SSSR count). The Morgan fingerprint density at radius 1 is 1.03 bits per heavy atom. The average Bonchev–Trinajstić information content (AvgIpc) is 3.27. The minimum Gasteiger partial charge on any atom is -0.461 e. The van der Waals surface area contributed by atoms with Gasteiger partial charge in [0.15, 0.2) is 5.69 Å². The third-order valence-electron chi connectivity index (χ3n) is 5.48. The summed E-state index contributed by atoms with van der Waals surface area (Å²) in [4.78, 5) is 24.5. The number of hydrogen-bond acceptors (Lipinski definition) is 5. The van der Waals surface area contributed by atoms with Crippen molar-refractivity contribution in [1.29, 1.82) is 0 Å². The normalized spacial score (nSPS) is 14.0. The molecule has 32 heavy (non-hydrogen) atoms. The lowest BCUT2D eigenvalue weighted by atomic mass is 9.96. The van der Waals surface area contributed by atoms with Crippen molar-refractivity contribution >= 4 is 12.1 Å². The van der Waals surface area contributed by atoms with Crippen LogP contribution in [0.1, 0.15) is 49.5 Å². The molecule has 1 saturated carbocycles. The van der Waals surface area contributed by atoms with Gasteiger partial charge in [-0.05, 0) is 62.2 Å². The van der Waals surface area contributed by atoms with Crippen LogP contribution >= 0.6 is 0 Å². The van der Waals surface area contributed by atoms with E-state index in [0.717, 1.165) is 42.6 Å². The SMILES string of the molecule is CCOC(=O)c1cc(-c2ccc(OC(=O)NC3CCCCC3)cc2)n(-c2ccccc2)n1. The first-order valence-electron chi connectivity index (χ1n) is 11.1. The van der Waals surface area contributed by atoms with Crippen LogP contribution in [0, 0.1) is 0 Å². The fraction of sp³-hybridized carbons (Fsp3) is 0.320. The predicted molar refractivity (Wildman–Crippen MR) is 121 cm³/mol. The minimum atomic E-state index is -0.470. The number of nitrogens with zero attached hydrogens (tertiary/aromatic N) is 2. The van der Waals surface area contributed by atoms with E-state index < -0.39 is 12.1 Å². The van der Waals surface area contributed by atoms with E-state index in [9.17, 15) is 9.59 Å². The second-order valence-electron chi connectivity index (χ2n) is 7.78. The standard InChI is InChI=1S/C25H27N3O4/c1-2-31-24(29)22-17-23(28(27-22)20-11-7-4-8-12-20)18-13-15-21(16-14-18)32-25(30)26-19-9-5-3-6-10-19/h4,7-8,11-17,19H,2-3,5-6,9-10H2,1H3,(H,26,30). The zero-order valence-electron chi connectivity index (χ0n) is 18.1. The number of aromatic nitrogens is 2. The molecule has 1 fully saturated rings. The molecule has 2 aromatic carbocycles. The summed E-state index contributed by atoms with van der Waals surface area (Å²) >= 11 is 0. The average molecular weight is 434 g/mol. The summed E-state index contributed by atoms with van der Waals surface area (Å²) in [6, 6.07) is 18.6. The minimum absolute atomic E-state index is 0.192. The zero-order chi connectivity index (χ0) is 22.3. The van der Waals surface area contributed by atoms with E-state index in [1.165, 1.54) is 6.42 Å². The lowest BCUT2D eigenvalue weighted by Gasteiger charge is -2.22. The van der Waals surface area contributed by atoms with Crippen molar-refractivity contribution in [1.82, 2.24) is 15.1 Å². The number of esters is 1. The molecule has 7 heteroatoms. The topological polar surface area (TPSA) is 82.5 Å². The van der Waals surface area contributed by atoms with E-state index in [1.807, 2.05) is 42.5 Å². The van der Waals surface area contributed by atoms with Crippen molar-refractivity contribution in [3.63, 3.8) is 0 Å². The predicted octanol–water partition coefficient (Wildman–Crippen LogP) is 5.14. The van der Waals surface area contributed by atoms with E-state index in [-0.39, 0.29) is 18.3 Å². The second-order valence-corrected chi connectivity index (χ2v) is 7.78. The van der Waals surface area contributed by atoms with Gasteiger partial charge in [-0.15, -0.1) is 0 Å². The van der Waals surface area contributed by atoms with Gasteiger partial charge in [-0.25, -0.2) is 14.3 Å². The van der Waals surface area contributed by atoms with Gasteiger partial charge in [-0.2, -0.15) is 5.10 Å².